The minimum atomic E-state index is -1.62. The Bertz CT molecular complexity index is 343. The van der Waals surface area contributed by atoms with E-state index >= 15 is 0 Å². The standard InChI is InChI=1S/C7H4F2N2O/c8-3-1-4(9)6-5(2-3)10-7(12)11-6/h1-2,4H,(H,10,12). The fourth-order valence-corrected chi connectivity index (χ4v) is 1.10. The fourth-order valence-electron chi connectivity index (χ4n) is 1.10. The fraction of sp³-hybridized carbons (Fsp3) is 0.143. The average Bonchev–Trinajstić information content (AvgIpc) is 2.29. The van der Waals surface area contributed by atoms with E-state index in [1.165, 1.54) is 0 Å². The van der Waals surface area contributed by atoms with Crippen molar-refractivity contribution >= 4 is 11.7 Å². The molecular weight excluding hydrogens is 166 g/mol. The van der Waals surface area contributed by atoms with Gasteiger partial charge >= 0.3 is 6.03 Å². The van der Waals surface area contributed by atoms with Crippen LogP contribution in [0.3, 0.4) is 0 Å². The van der Waals surface area contributed by atoms with Crippen molar-refractivity contribution in [3.05, 3.63) is 23.7 Å². The molecule has 62 valence electrons. The number of fused-ring (bicyclic) bond motifs is 1. The van der Waals surface area contributed by atoms with Gasteiger partial charge in [-0.1, -0.05) is 0 Å². The predicted octanol–water partition coefficient (Wildman–Crippen LogP) is 1.24. The van der Waals surface area contributed by atoms with Crippen LogP contribution in [0.25, 0.3) is 0 Å². The molecule has 1 aliphatic carbocycles. The molecule has 0 fully saturated rings. The van der Waals surface area contributed by atoms with Crippen LogP contribution in [0.2, 0.25) is 0 Å². The van der Waals surface area contributed by atoms with Crippen LogP contribution in [0.15, 0.2) is 28.7 Å². The summed E-state index contributed by atoms with van der Waals surface area (Å²) < 4.78 is 25.4. The Balaban J connectivity index is 2.45. The maximum absolute atomic E-state index is 12.9. The number of allylic oxidation sites excluding steroid dienone is 4. The first kappa shape index (κ1) is 7.15. The van der Waals surface area contributed by atoms with Crippen LogP contribution in [-0.4, -0.2) is 17.9 Å². The highest BCUT2D eigenvalue weighted by Crippen LogP contribution is 2.20. The van der Waals surface area contributed by atoms with Crippen molar-refractivity contribution in [1.29, 1.82) is 0 Å². The van der Waals surface area contributed by atoms with Gasteiger partial charge in [0.2, 0.25) is 0 Å². The molecule has 0 radical (unpaired) electrons. The van der Waals surface area contributed by atoms with Gasteiger partial charge in [-0.3, -0.25) is 0 Å². The van der Waals surface area contributed by atoms with E-state index in [1.54, 1.807) is 0 Å². The Kier molecular flexibility index (Phi) is 1.33. The summed E-state index contributed by atoms with van der Waals surface area (Å²) in [6.07, 6.45) is 0.187. The Labute approximate surface area is 66.5 Å². The molecule has 5 heteroatoms. The lowest BCUT2D eigenvalue weighted by Gasteiger charge is -2.08. The molecule has 1 atom stereocenters. The number of hydrogen-bond donors (Lipinski definition) is 1. The van der Waals surface area contributed by atoms with Gasteiger partial charge in [-0.15, -0.1) is 0 Å². The number of nitrogens with one attached hydrogen (secondary N) is 1. The second kappa shape index (κ2) is 2.23. The molecule has 2 rings (SSSR count). The second-order valence-electron chi connectivity index (χ2n) is 2.44. The summed E-state index contributed by atoms with van der Waals surface area (Å²) >= 11 is 0. The predicted molar refractivity (Wildman–Crippen MR) is 38.1 cm³/mol. The quantitative estimate of drug-likeness (QED) is 0.583. The number of urea groups is 1. The van der Waals surface area contributed by atoms with Crippen LogP contribution < -0.4 is 5.32 Å². The zero-order valence-corrected chi connectivity index (χ0v) is 5.84. The van der Waals surface area contributed by atoms with Gasteiger partial charge in [0.25, 0.3) is 0 Å². The topological polar surface area (TPSA) is 41.5 Å². The van der Waals surface area contributed by atoms with Crippen molar-refractivity contribution in [2.45, 2.75) is 6.17 Å². The minimum Gasteiger partial charge on any atom is -0.304 e. The zero-order valence-electron chi connectivity index (χ0n) is 5.84. The zero-order chi connectivity index (χ0) is 8.72. The molecule has 2 aliphatic rings. The summed E-state index contributed by atoms with van der Waals surface area (Å²) in [6.45, 7) is 0. The van der Waals surface area contributed by atoms with Gasteiger partial charge in [0.15, 0.2) is 6.17 Å². The van der Waals surface area contributed by atoms with E-state index in [9.17, 15) is 13.6 Å². The van der Waals surface area contributed by atoms with Crippen LogP contribution >= 0.6 is 0 Å². The Morgan fingerprint density at radius 2 is 2.33 bits per heavy atom. The van der Waals surface area contributed by atoms with Gasteiger partial charge in [-0.05, 0) is 12.2 Å². The molecule has 1 unspecified atom stereocenters. The smallest absolute Gasteiger partial charge is 0.304 e. The monoisotopic (exact) mass is 170 g/mol. The lowest BCUT2D eigenvalue weighted by molar-refractivity contribution is 0.253. The molecule has 1 heterocycles. The van der Waals surface area contributed by atoms with Gasteiger partial charge < -0.3 is 5.32 Å². The van der Waals surface area contributed by atoms with Crippen LogP contribution in [0.1, 0.15) is 0 Å². The number of rotatable bonds is 0. The number of aliphatic imine (C=N–C) groups is 1. The molecule has 0 saturated carbocycles. The van der Waals surface area contributed by atoms with E-state index < -0.39 is 18.0 Å². The van der Waals surface area contributed by atoms with E-state index in [1.807, 2.05) is 0 Å². The number of carbonyl (C=O) groups is 1. The maximum Gasteiger partial charge on any atom is 0.345 e. The summed E-state index contributed by atoms with van der Waals surface area (Å²) in [6, 6.07) is -0.651. The minimum absolute atomic E-state index is 0.0404. The number of alkyl halides is 1. The highest BCUT2D eigenvalue weighted by Gasteiger charge is 2.29. The molecule has 3 nitrogen and oxygen atoms in total. The first-order valence-corrected chi connectivity index (χ1v) is 3.30. The molecule has 0 saturated heterocycles. The van der Waals surface area contributed by atoms with Gasteiger partial charge in [-0.25, -0.2) is 13.6 Å². The van der Waals surface area contributed by atoms with E-state index in [2.05, 4.69) is 10.3 Å². The van der Waals surface area contributed by atoms with E-state index in [-0.39, 0.29) is 11.4 Å². The van der Waals surface area contributed by atoms with Gasteiger partial charge in [0, 0.05) is 0 Å². The third kappa shape index (κ3) is 0.939. The number of carbonyl (C=O) groups excluding carboxylic acids is 1. The summed E-state index contributed by atoms with van der Waals surface area (Å²) in [7, 11) is 0. The summed E-state index contributed by atoms with van der Waals surface area (Å²) in [5, 5.41) is 2.21. The van der Waals surface area contributed by atoms with Crippen molar-refractivity contribution < 1.29 is 13.6 Å². The Hall–Kier alpha value is -1.52. The molecule has 0 aromatic heterocycles. The van der Waals surface area contributed by atoms with Gasteiger partial charge in [0.1, 0.15) is 11.5 Å². The van der Waals surface area contributed by atoms with Gasteiger partial charge in [0.05, 0.1) is 5.70 Å². The normalized spacial score (nSPS) is 27.0. The molecule has 0 bridgehead atoms. The van der Waals surface area contributed by atoms with Crippen molar-refractivity contribution in [3.8, 4) is 0 Å². The van der Waals surface area contributed by atoms with Crippen molar-refractivity contribution in [3.63, 3.8) is 0 Å². The molecule has 0 spiro atoms. The Morgan fingerprint density at radius 1 is 1.58 bits per heavy atom. The highest BCUT2D eigenvalue weighted by molar-refractivity contribution is 6.16. The molecular formula is C7H4F2N2O. The molecule has 0 aromatic rings. The van der Waals surface area contributed by atoms with Crippen LogP contribution in [0, 0.1) is 0 Å². The number of nitrogens with zero attached hydrogens (tertiary/aromatic N) is 1. The first-order valence-electron chi connectivity index (χ1n) is 3.30. The molecule has 12 heavy (non-hydrogen) atoms. The molecule has 1 N–H and O–H groups in total. The lowest BCUT2D eigenvalue weighted by Crippen LogP contribution is -2.22. The molecule has 0 aromatic carbocycles. The summed E-state index contributed by atoms with van der Waals surface area (Å²) in [5.74, 6) is -0.696. The summed E-state index contributed by atoms with van der Waals surface area (Å²) in [5.41, 5.74) is 0.0777. The van der Waals surface area contributed by atoms with E-state index in [0.29, 0.717) is 0 Å². The summed E-state index contributed by atoms with van der Waals surface area (Å²) in [4.78, 5) is 13.9. The van der Waals surface area contributed by atoms with Crippen molar-refractivity contribution in [1.82, 2.24) is 5.32 Å². The largest absolute Gasteiger partial charge is 0.345 e. The number of halogens is 2. The number of amides is 2. The van der Waals surface area contributed by atoms with E-state index in [0.717, 1.165) is 12.2 Å². The SMILES string of the molecule is O=C1N=C2C(=CC(F)=CC2F)N1. The molecule has 2 amide bonds. The first-order chi connectivity index (χ1) is 5.66. The molecule has 1 aliphatic heterocycles. The van der Waals surface area contributed by atoms with Crippen molar-refractivity contribution in [2.75, 3.05) is 0 Å². The Morgan fingerprint density at radius 3 is 3.08 bits per heavy atom. The third-order valence-electron chi connectivity index (χ3n) is 1.59. The average molecular weight is 170 g/mol. The van der Waals surface area contributed by atoms with Crippen molar-refractivity contribution in [2.24, 2.45) is 4.99 Å². The maximum atomic E-state index is 12.9. The van der Waals surface area contributed by atoms with Crippen LogP contribution in [0.5, 0.6) is 0 Å². The third-order valence-corrected chi connectivity index (χ3v) is 1.59. The second-order valence-corrected chi connectivity index (χ2v) is 2.44. The highest BCUT2D eigenvalue weighted by atomic mass is 19.1. The van der Waals surface area contributed by atoms with E-state index in [4.69, 9.17) is 0 Å². The van der Waals surface area contributed by atoms with Crippen LogP contribution in [0.4, 0.5) is 13.6 Å². The lowest BCUT2D eigenvalue weighted by atomic mass is 10.1. The number of hydrogen-bond acceptors (Lipinski definition) is 1. The van der Waals surface area contributed by atoms with Crippen LogP contribution in [-0.2, 0) is 0 Å². The van der Waals surface area contributed by atoms with Gasteiger partial charge in [-0.2, -0.15) is 4.99 Å².